The van der Waals surface area contributed by atoms with Gasteiger partial charge < -0.3 is 15.1 Å². The van der Waals surface area contributed by atoms with Crippen LogP contribution >= 0.6 is 0 Å². The summed E-state index contributed by atoms with van der Waals surface area (Å²) >= 11 is 0. The van der Waals surface area contributed by atoms with E-state index in [9.17, 15) is 14.7 Å². The van der Waals surface area contributed by atoms with Gasteiger partial charge in [-0.2, -0.15) is 0 Å². The van der Waals surface area contributed by atoms with Gasteiger partial charge in [-0.25, -0.2) is 0 Å². The summed E-state index contributed by atoms with van der Waals surface area (Å²) in [5.74, 6) is -1.28. The first-order chi connectivity index (χ1) is 11.0. The summed E-state index contributed by atoms with van der Waals surface area (Å²) in [5, 5.41) is 19.9. The Morgan fingerprint density at radius 1 is 1.04 bits per heavy atom. The molecule has 124 valence electrons. The number of carbonyl (C=O) groups is 2. The minimum atomic E-state index is -0.864. The molecule has 1 aromatic rings. The number of carboxylic acid groups (broad SMARTS) is 1. The molecule has 1 heterocycles. The molecule has 1 amide bonds. The Hall–Kier alpha value is -1.88. The van der Waals surface area contributed by atoms with Crippen molar-refractivity contribution in [1.29, 1.82) is 0 Å². The van der Waals surface area contributed by atoms with Crippen LogP contribution in [0.25, 0.3) is 0 Å². The van der Waals surface area contributed by atoms with Crippen molar-refractivity contribution < 1.29 is 19.8 Å². The molecular formula is C18H23NO4. The Kier molecular flexibility index (Phi) is 4.39. The number of aliphatic carboxylic acids is 1. The first-order valence-corrected chi connectivity index (χ1v) is 8.29. The van der Waals surface area contributed by atoms with Gasteiger partial charge in [0.05, 0.1) is 11.5 Å². The summed E-state index contributed by atoms with van der Waals surface area (Å²) in [6, 6.07) is 9.59. The molecule has 2 atom stereocenters. The molecule has 1 aromatic carbocycles. The number of benzene rings is 1. The summed E-state index contributed by atoms with van der Waals surface area (Å²) < 4.78 is 0. The monoisotopic (exact) mass is 317 g/mol. The Bertz CT molecular complexity index is 578. The molecule has 1 saturated heterocycles. The molecule has 2 fully saturated rings. The first kappa shape index (κ1) is 16.0. The number of aliphatic hydroxyl groups is 1. The molecule has 1 aliphatic heterocycles. The Labute approximate surface area is 135 Å². The largest absolute Gasteiger partial charge is 0.481 e. The minimum Gasteiger partial charge on any atom is -0.481 e. The highest BCUT2D eigenvalue weighted by atomic mass is 16.4. The second kappa shape index (κ2) is 6.32. The molecule has 2 aliphatic rings. The number of nitrogens with zero attached hydrogens (tertiary/aromatic N) is 1. The maximum Gasteiger partial charge on any atom is 0.306 e. The third-order valence-corrected chi connectivity index (χ3v) is 5.34. The van der Waals surface area contributed by atoms with Crippen LogP contribution in [0, 0.1) is 11.8 Å². The summed E-state index contributed by atoms with van der Waals surface area (Å²) in [7, 11) is 0. The standard InChI is InChI=1S/C18H23NO4/c20-16(13-6-7-14(12-13)17(21)22)19-10-8-18(23,9-11-19)15-4-2-1-3-5-15/h1-5,13-14,23H,6-12H2,(H,21,22)/t13-,14+/m1/s1. The lowest BCUT2D eigenvalue weighted by molar-refractivity contribution is -0.142. The number of carbonyl (C=O) groups excluding carboxylic acids is 1. The molecule has 1 saturated carbocycles. The maximum absolute atomic E-state index is 12.6. The van der Waals surface area contributed by atoms with E-state index >= 15 is 0 Å². The number of hydrogen-bond acceptors (Lipinski definition) is 3. The highest BCUT2D eigenvalue weighted by molar-refractivity contribution is 5.81. The second-order valence-electron chi connectivity index (χ2n) is 6.77. The molecule has 0 unspecified atom stereocenters. The highest BCUT2D eigenvalue weighted by Crippen LogP contribution is 2.36. The van der Waals surface area contributed by atoms with Crippen LogP contribution < -0.4 is 0 Å². The van der Waals surface area contributed by atoms with Crippen LogP contribution in [0.1, 0.15) is 37.7 Å². The normalized spacial score (nSPS) is 26.9. The molecule has 1 aliphatic carbocycles. The number of hydrogen-bond donors (Lipinski definition) is 2. The molecule has 5 heteroatoms. The lowest BCUT2D eigenvalue weighted by atomic mass is 9.84. The quantitative estimate of drug-likeness (QED) is 0.894. The van der Waals surface area contributed by atoms with Gasteiger partial charge in [0.25, 0.3) is 0 Å². The summed E-state index contributed by atoms with van der Waals surface area (Å²) in [6.45, 7) is 1.05. The Balaban J connectivity index is 1.59. The van der Waals surface area contributed by atoms with Crippen molar-refractivity contribution in [2.75, 3.05) is 13.1 Å². The Morgan fingerprint density at radius 2 is 1.65 bits per heavy atom. The summed E-state index contributed by atoms with van der Waals surface area (Å²) in [4.78, 5) is 25.4. The van der Waals surface area contributed by atoms with Gasteiger partial charge in [-0.15, -0.1) is 0 Å². The lowest BCUT2D eigenvalue weighted by Crippen LogP contribution is -2.46. The molecule has 5 nitrogen and oxygen atoms in total. The number of piperidine rings is 1. The van der Waals surface area contributed by atoms with Crippen molar-refractivity contribution in [2.45, 2.75) is 37.7 Å². The first-order valence-electron chi connectivity index (χ1n) is 8.29. The van der Waals surface area contributed by atoms with Gasteiger partial charge >= 0.3 is 5.97 Å². The van der Waals surface area contributed by atoms with Crippen molar-refractivity contribution in [1.82, 2.24) is 4.90 Å². The fourth-order valence-electron chi connectivity index (χ4n) is 3.82. The van der Waals surface area contributed by atoms with Gasteiger partial charge in [0, 0.05) is 19.0 Å². The fourth-order valence-corrected chi connectivity index (χ4v) is 3.82. The number of carboxylic acids is 1. The average Bonchev–Trinajstić information content (AvgIpc) is 3.06. The van der Waals surface area contributed by atoms with Crippen LogP contribution in [-0.2, 0) is 15.2 Å². The predicted octanol–water partition coefficient (Wildman–Crippen LogP) is 2.00. The van der Waals surface area contributed by atoms with Crippen molar-refractivity contribution in [3.05, 3.63) is 35.9 Å². The highest BCUT2D eigenvalue weighted by Gasteiger charge is 2.39. The van der Waals surface area contributed by atoms with Crippen LogP contribution in [0.5, 0.6) is 0 Å². The topological polar surface area (TPSA) is 77.8 Å². The molecule has 23 heavy (non-hydrogen) atoms. The van der Waals surface area contributed by atoms with Crippen LogP contribution in [0.15, 0.2) is 30.3 Å². The van der Waals surface area contributed by atoms with Gasteiger partial charge in [-0.05, 0) is 37.7 Å². The molecule has 2 N–H and O–H groups in total. The van der Waals surface area contributed by atoms with E-state index < -0.39 is 11.6 Å². The van der Waals surface area contributed by atoms with E-state index in [1.54, 1.807) is 4.90 Å². The summed E-state index contributed by atoms with van der Waals surface area (Å²) in [5.41, 5.74) is 0.0380. The van der Waals surface area contributed by atoms with Crippen molar-refractivity contribution in [3.8, 4) is 0 Å². The molecule has 0 aromatic heterocycles. The van der Waals surface area contributed by atoms with Gasteiger partial charge in [-0.1, -0.05) is 30.3 Å². The number of rotatable bonds is 3. The predicted molar refractivity (Wildman–Crippen MR) is 84.6 cm³/mol. The van der Waals surface area contributed by atoms with Crippen LogP contribution in [0.2, 0.25) is 0 Å². The van der Waals surface area contributed by atoms with Crippen LogP contribution in [0.3, 0.4) is 0 Å². The molecule has 0 spiro atoms. The van der Waals surface area contributed by atoms with Crippen LogP contribution in [-0.4, -0.2) is 40.1 Å². The van der Waals surface area contributed by atoms with Crippen molar-refractivity contribution >= 4 is 11.9 Å². The average molecular weight is 317 g/mol. The number of amides is 1. The zero-order valence-corrected chi connectivity index (χ0v) is 13.1. The third kappa shape index (κ3) is 3.24. The molecular weight excluding hydrogens is 294 g/mol. The van der Waals surface area contributed by atoms with E-state index in [2.05, 4.69) is 0 Å². The van der Waals surface area contributed by atoms with E-state index in [0.717, 1.165) is 5.56 Å². The summed E-state index contributed by atoms with van der Waals surface area (Å²) in [6.07, 6.45) is 2.76. The van der Waals surface area contributed by atoms with Gasteiger partial charge in [0.1, 0.15) is 0 Å². The zero-order chi connectivity index (χ0) is 16.4. The Morgan fingerprint density at radius 3 is 2.22 bits per heavy atom. The zero-order valence-electron chi connectivity index (χ0n) is 13.1. The van der Waals surface area contributed by atoms with E-state index in [1.807, 2.05) is 30.3 Å². The van der Waals surface area contributed by atoms with E-state index in [1.165, 1.54) is 0 Å². The van der Waals surface area contributed by atoms with Gasteiger partial charge in [0.15, 0.2) is 0 Å². The van der Waals surface area contributed by atoms with E-state index in [0.29, 0.717) is 45.2 Å². The molecule has 3 rings (SSSR count). The maximum atomic E-state index is 12.6. The van der Waals surface area contributed by atoms with E-state index in [4.69, 9.17) is 5.11 Å². The molecule has 0 bridgehead atoms. The number of likely N-dealkylation sites (tertiary alicyclic amines) is 1. The third-order valence-electron chi connectivity index (χ3n) is 5.34. The fraction of sp³-hybridized carbons (Fsp3) is 0.556. The molecule has 0 radical (unpaired) electrons. The van der Waals surface area contributed by atoms with Gasteiger partial charge in [-0.3, -0.25) is 9.59 Å². The van der Waals surface area contributed by atoms with Crippen molar-refractivity contribution in [2.24, 2.45) is 11.8 Å². The minimum absolute atomic E-state index is 0.0591. The van der Waals surface area contributed by atoms with E-state index in [-0.39, 0.29) is 17.7 Å². The van der Waals surface area contributed by atoms with Gasteiger partial charge in [0.2, 0.25) is 5.91 Å². The second-order valence-corrected chi connectivity index (χ2v) is 6.77. The van der Waals surface area contributed by atoms with Crippen molar-refractivity contribution in [3.63, 3.8) is 0 Å². The smallest absolute Gasteiger partial charge is 0.306 e. The van der Waals surface area contributed by atoms with Crippen LogP contribution in [0.4, 0.5) is 0 Å². The lowest BCUT2D eigenvalue weighted by Gasteiger charge is -2.39. The SMILES string of the molecule is O=C(O)[C@H]1CC[C@@H](C(=O)N2CCC(O)(c3ccccc3)CC2)C1.